The summed E-state index contributed by atoms with van der Waals surface area (Å²) in [5.41, 5.74) is 3.94. The molecule has 5 heteroatoms. The first kappa shape index (κ1) is 20.9. The zero-order chi connectivity index (χ0) is 20.5. The van der Waals surface area contributed by atoms with Crippen LogP contribution in [0.3, 0.4) is 0 Å². The van der Waals surface area contributed by atoms with Crippen molar-refractivity contribution in [2.45, 2.75) is 32.6 Å². The first-order valence-electron chi connectivity index (χ1n) is 10.5. The van der Waals surface area contributed by atoms with E-state index in [0.717, 1.165) is 32.0 Å². The smallest absolute Gasteiger partial charge is 0.319 e. The molecule has 1 aliphatic rings. The fourth-order valence-corrected chi connectivity index (χ4v) is 3.82. The molecule has 5 nitrogen and oxygen atoms in total. The van der Waals surface area contributed by atoms with Gasteiger partial charge in [-0.1, -0.05) is 35.9 Å². The van der Waals surface area contributed by atoms with Gasteiger partial charge in [0.05, 0.1) is 11.6 Å². The van der Waals surface area contributed by atoms with Gasteiger partial charge in [-0.25, -0.2) is 4.79 Å². The van der Waals surface area contributed by atoms with E-state index in [1.807, 2.05) is 0 Å². The van der Waals surface area contributed by atoms with Crippen LogP contribution >= 0.6 is 0 Å². The summed E-state index contributed by atoms with van der Waals surface area (Å²) in [5, 5.41) is 14.6. The summed E-state index contributed by atoms with van der Waals surface area (Å²) in [6.45, 7) is 6.08. The molecule has 3 rings (SSSR count). The Morgan fingerprint density at radius 2 is 1.93 bits per heavy atom. The topological polar surface area (TPSA) is 68.2 Å². The van der Waals surface area contributed by atoms with Gasteiger partial charge < -0.3 is 15.5 Å². The molecule has 0 aliphatic carbocycles. The molecule has 29 heavy (non-hydrogen) atoms. The average molecular weight is 391 g/mol. The molecule has 152 valence electrons. The fraction of sp³-hybridized carbons (Fsp3) is 0.417. The van der Waals surface area contributed by atoms with E-state index in [0.29, 0.717) is 17.8 Å². The molecule has 0 atom stereocenters. The number of carbonyl (C=O) groups excluding carboxylic acids is 1. The summed E-state index contributed by atoms with van der Waals surface area (Å²) >= 11 is 0. The number of aryl methyl sites for hydroxylation is 1. The van der Waals surface area contributed by atoms with Crippen LogP contribution in [-0.4, -0.2) is 37.1 Å². The Kier molecular flexibility index (Phi) is 7.66. The molecule has 1 aliphatic heterocycles. The standard InChI is InChI=1S/C24H30N4O/c1-19-6-8-20(9-7-19)16-21-10-14-28(15-11-21)13-3-12-26-24(29)27-23-5-2-4-22(17-23)18-25/h2,4-9,17,21H,3,10-16H2,1H3,(H2,26,27,29). The maximum absolute atomic E-state index is 12.0. The molecule has 2 amide bonds. The molecule has 2 N–H and O–H groups in total. The lowest BCUT2D eigenvalue weighted by Gasteiger charge is -2.32. The number of piperidine rings is 1. The highest BCUT2D eigenvalue weighted by atomic mass is 16.2. The largest absolute Gasteiger partial charge is 0.338 e. The van der Waals surface area contributed by atoms with Crippen molar-refractivity contribution in [2.24, 2.45) is 5.92 Å². The number of anilines is 1. The quantitative estimate of drug-likeness (QED) is 0.691. The second-order valence-electron chi connectivity index (χ2n) is 7.90. The number of amides is 2. The Bertz CT molecular complexity index is 833. The van der Waals surface area contributed by atoms with Crippen LogP contribution in [0.1, 0.15) is 36.0 Å². The third-order valence-electron chi connectivity index (χ3n) is 5.54. The molecule has 0 radical (unpaired) electrons. The Labute approximate surface area is 173 Å². The summed E-state index contributed by atoms with van der Waals surface area (Å²) < 4.78 is 0. The minimum Gasteiger partial charge on any atom is -0.338 e. The van der Waals surface area contributed by atoms with Gasteiger partial charge in [0.25, 0.3) is 0 Å². The van der Waals surface area contributed by atoms with Crippen molar-refractivity contribution in [1.29, 1.82) is 5.26 Å². The number of hydrogen-bond acceptors (Lipinski definition) is 3. The number of nitrogens with one attached hydrogen (secondary N) is 2. The molecule has 2 aromatic rings. The van der Waals surface area contributed by atoms with Crippen molar-refractivity contribution in [3.05, 3.63) is 65.2 Å². The summed E-state index contributed by atoms with van der Waals surface area (Å²) in [7, 11) is 0. The minimum atomic E-state index is -0.225. The second-order valence-corrected chi connectivity index (χ2v) is 7.90. The minimum absolute atomic E-state index is 0.225. The maximum atomic E-state index is 12.0. The molecule has 2 aromatic carbocycles. The van der Waals surface area contributed by atoms with Gasteiger partial charge in [-0.3, -0.25) is 0 Å². The van der Waals surface area contributed by atoms with E-state index in [-0.39, 0.29) is 6.03 Å². The lowest BCUT2D eigenvalue weighted by molar-refractivity contribution is 0.182. The summed E-state index contributed by atoms with van der Waals surface area (Å²) in [6.07, 6.45) is 4.62. The van der Waals surface area contributed by atoms with E-state index >= 15 is 0 Å². The van der Waals surface area contributed by atoms with Gasteiger partial charge in [0.15, 0.2) is 0 Å². The molecule has 0 spiro atoms. The van der Waals surface area contributed by atoms with Crippen LogP contribution < -0.4 is 10.6 Å². The van der Waals surface area contributed by atoms with E-state index in [2.05, 4.69) is 52.8 Å². The van der Waals surface area contributed by atoms with Gasteiger partial charge >= 0.3 is 6.03 Å². The number of benzene rings is 2. The SMILES string of the molecule is Cc1ccc(CC2CCN(CCCNC(=O)Nc3cccc(C#N)c3)CC2)cc1. The number of hydrogen-bond donors (Lipinski definition) is 2. The van der Waals surface area contributed by atoms with E-state index in [1.165, 1.54) is 30.4 Å². The highest BCUT2D eigenvalue weighted by Crippen LogP contribution is 2.22. The van der Waals surface area contributed by atoms with Gasteiger partial charge in [-0.15, -0.1) is 0 Å². The third-order valence-corrected chi connectivity index (χ3v) is 5.54. The predicted molar refractivity (Wildman–Crippen MR) is 117 cm³/mol. The van der Waals surface area contributed by atoms with Crippen LogP contribution in [-0.2, 0) is 6.42 Å². The van der Waals surface area contributed by atoms with Crippen LogP contribution in [0.4, 0.5) is 10.5 Å². The predicted octanol–water partition coefficient (Wildman–Crippen LogP) is 4.33. The normalized spacial score (nSPS) is 14.9. The van der Waals surface area contributed by atoms with Gasteiger partial charge in [0.2, 0.25) is 0 Å². The molecular formula is C24H30N4O. The van der Waals surface area contributed by atoms with E-state index in [4.69, 9.17) is 5.26 Å². The van der Waals surface area contributed by atoms with Crippen LogP contribution in [0.15, 0.2) is 48.5 Å². The Morgan fingerprint density at radius 3 is 2.66 bits per heavy atom. The lowest BCUT2D eigenvalue weighted by Crippen LogP contribution is -2.37. The Morgan fingerprint density at radius 1 is 1.17 bits per heavy atom. The average Bonchev–Trinajstić information content (AvgIpc) is 2.74. The molecule has 1 heterocycles. The van der Waals surface area contributed by atoms with E-state index < -0.39 is 0 Å². The van der Waals surface area contributed by atoms with Crippen molar-refractivity contribution in [1.82, 2.24) is 10.2 Å². The first-order chi connectivity index (χ1) is 14.1. The van der Waals surface area contributed by atoms with Gasteiger partial charge in [0, 0.05) is 12.2 Å². The van der Waals surface area contributed by atoms with Crippen LogP contribution in [0.25, 0.3) is 0 Å². The molecule has 0 bridgehead atoms. The van der Waals surface area contributed by atoms with Gasteiger partial charge in [-0.2, -0.15) is 5.26 Å². The van der Waals surface area contributed by atoms with Crippen LogP contribution in [0.5, 0.6) is 0 Å². The molecule has 0 aromatic heterocycles. The highest BCUT2D eigenvalue weighted by molar-refractivity contribution is 5.89. The lowest BCUT2D eigenvalue weighted by atomic mass is 9.90. The fourth-order valence-electron chi connectivity index (χ4n) is 3.82. The van der Waals surface area contributed by atoms with Crippen LogP contribution in [0.2, 0.25) is 0 Å². The second kappa shape index (κ2) is 10.6. The number of rotatable bonds is 7. The van der Waals surface area contributed by atoms with Crippen molar-refractivity contribution < 1.29 is 4.79 Å². The monoisotopic (exact) mass is 390 g/mol. The van der Waals surface area contributed by atoms with E-state index in [9.17, 15) is 4.79 Å². The van der Waals surface area contributed by atoms with Crippen molar-refractivity contribution in [2.75, 3.05) is 31.5 Å². The van der Waals surface area contributed by atoms with Gasteiger partial charge in [-0.05, 0) is 81.9 Å². The number of nitrogens with zero attached hydrogens (tertiary/aromatic N) is 2. The number of likely N-dealkylation sites (tertiary alicyclic amines) is 1. The highest BCUT2D eigenvalue weighted by Gasteiger charge is 2.19. The zero-order valence-corrected chi connectivity index (χ0v) is 17.2. The molecular weight excluding hydrogens is 360 g/mol. The molecule has 1 fully saturated rings. The number of urea groups is 1. The molecule has 0 saturated carbocycles. The maximum Gasteiger partial charge on any atom is 0.319 e. The van der Waals surface area contributed by atoms with Crippen molar-refractivity contribution in [3.63, 3.8) is 0 Å². The number of nitriles is 1. The summed E-state index contributed by atoms with van der Waals surface area (Å²) in [4.78, 5) is 14.5. The summed E-state index contributed by atoms with van der Waals surface area (Å²) in [6, 6.07) is 17.7. The Hall–Kier alpha value is -2.84. The third kappa shape index (κ3) is 6.92. The first-order valence-corrected chi connectivity index (χ1v) is 10.5. The number of carbonyl (C=O) groups is 1. The van der Waals surface area contributed by atoms with E-state index in [1.54, 1.807) is 24.3 Å². The Balaban J connectivity index is 1.29. The molecule has 0 unspecified atom stereocenters. The zero-order valence-electron chi connectivity index (χ0n) is 17.2. The van der Waals surface area contributed by atoms with Crippen LogP contribution in [0, 0.1) is 24.2 Å². The van der Waals surface area contributed by atoms with Crippen molar-refractivity contribution in [3.8, 4) is 6.07 Å². The molecule has 1 saturated heterocycles. The summed E-state index contributed by atoms with van der Waals surface area (Å²) in [5.74, 6) is 0.780. The van der Waals surface area contributed by atoms with Gasteiger partial charge in [0.1, 0.15) is 0 Å². The van der Waals surface area contributed by atoms with Crippen molar-refractivity contribution >= 4 is 11.7 Å².